The summed E-state index contributed by atoms with van der Waals surface area (Å²) in [5.41, 5.74) is 2.05. The molecule has 5 heteroatoms. The average Bonchev–Trinajstić information content (AvgIpc) is 2.29. The monoisotopic (exact) mass is 270 g/mol. The Balaban J connectivity index is 0.000000171. The molecule has 0 saturated carbocycles. The Kier molecular flexibility index (Phi) is 5.19. The summed E-state index contributed by atoms with van der Waals surface area (Å²) in [6.45, 7) is 3.81. The Hall–Kier alpha value is -1.32. The molecule has 2 aromatic rings. The molecule has 0 spiro atoms. The summed E-state index contributed by atoms with van der Waals surface area (Å²) in [4.78, 5) is 3.84. The lowest BCUT2D eigenvalue weighted by Crippen LogP contribution is -2.26. The third-order valence-corrected chi connectivity index (χ3v) is 2.41. The van der Waals surface area contributed by atoms with Crippen LogP contribution in [0.3, 0.4) is 0 Å². The average molecular weight is 271 g/mol. The van der Waals surface area contributed by atoms with E-state index in [4.69, 9.17) is 23.2 Å². The molecule has 2 aromatic heterocycles. The molecule has 2 rings (SSSR count). The van der Waals surface area contributed by atoms with Gasteiger partial charge in [-0.3, -0.25) is 0 Å². The van der Waals surface area contributed by atoms with Crippen molar-refractivity contribution < 1.29 is 4.73 Å². The maximum absolute atomic E-state index is 10.6. The fourth-order valence-electron chi connectivity index (χ4n) is 1.01. The van der Waals surface area contributed by atoms with Gasteiger partial charge in [-0.15, -0.1) is 0 Å². The van der Waals surface area contributed by atoms with Crippen molar-refractivity contribution in [2.24, 2.45) is 0 Å². The van der Waals surface area contributed by atoms with Crippen molar-refractivity contribution in [1.82, 2.24) is 4.98 Å². The third kappa shape index (κ3) is 5.02. The molecule has 90 valence electrons. The van der Waals surface area contributed by atoms with Crippen LogP contribution in [0.4, 0.5) is 0 Å². The minimum Gasteiger partial charge on any atom is -0.618 e. The van der Waals surface area contributed by atoms with Crippen LogP contribution in [0.5, 0.6) is 0 Å². The highest BCUT2D eigenvalue weighted by Gasteiger charge is 1.97. The lowest BCUT2D eigenvalue weighted by atomic mass is 10.3. The van der Waals surface area contributed by atoms with Gasteiger partial charge in [0.05, 0.1) is 0 Å². The molecule has 17 heavy (non-hydrogen) atoms. The summed E-state index contributed by atoms with van der Waals surface area (Å²) < 4.78 is 0.636. The van der Waals surface area contributed by atoms with E-state index in [1.54, 1.807) is 24.4 Å². The van der Waals surface area contributed by atoms with Crippen molar-refractivity contribution in [2.45, 2.75) is 13.8 Å². The highest BCUT2D eigenvalue weighted by molar-refractivity contribution is 6.29. The van der Waals surface area contributed by atoms with Gasteiger partial charge in [0.15, 0.2) is 6.20 Å². The van der Waals surface area contributed by atoms with Gasteiger partial charge in [0, 0.05) is 17.8 Å². The Bertz CT molecular complexity index is 465. The summed E-state index contributed by atoms with van der Waals surface area (Å²) >= 11 is 10.9. The molecule has 0 bridgehead atoms. The number of hydrogen-bond acceptors (Lipinski definition) is 2. The molecular weight excluding hydrogens is 259 g/mol. The second-order valence-electron chi connectivity index (χ2n) is 3.51. The fraction of sp³-hybridized carbons (Fsp3) is 0.167. The number of rotatable bonds is 0. The molecule has 0 aliphatic heterocycles. The molecule has 0 aliphatic rings. The number of halogens is 2. The zero-order valence-corrected chi connectivity index (χ0v) is 11.0. The molecule has 0 fully saturated rings. The van der Waals surface area contributed by atoms with Crippen LogP contribution in [0.25, 0.3) is 0 Å². The van der Waals surface area contributed by atoms with Gasteiger partial charge in [0.1, 0.15) is 5.15 Å². The molecule has 0 unspecified atom stereocenters. The molecule has 0 aliphatic carbocycles. The zero-order valence-electron chi connectivity index (χ0n) is 9.52. The second-order valence-corrected chi connectivity index (χ2v) is 4.29. The number of aryl methyl sites for hydroxylation is 2. The lowest BCUT2D eigenvalue weighted by molar-refractivity contribution is -0.603. The quantitative estimate of drug-likeness (QED) is 0.419. The molecule has 0 amide bonds. The van der Waals surface area contributed by atoms with E-state index in [-0.39, 0.29) is 5.15 Å². The molecular formula is C12H12Cl2N2O. The van der Waals surface area contributed by atoms with Crippen LogP contribution in [0, 0.1) is 19.1 Å². The molecule has 0 saturated heterocycles. The molecule has 0 atom stereocenters. The minimum atomic E-state index is 0.209. The van der Waals surface area contributed by atoms with E-state index in [1.807, 2.05) is 19.9 Å². The van der Waals surface area contributed by atoms with Gasteiger partial charge >= 0.3 is 0 Å². The van der Waals surface area contributed by atoms with E-state index >= 15 is 0 Å². The zero-order chi connectivity index (χ0) is 12.8. The van der Waals surface area contributed by atoms with Crippen LogP contribution >= 0.6 is 23.2 Å². The first-order chi connectivity index (χ1) is 7.99. The van der Waals surface area contributed by atoms with E-state index in [1.165, 1.54) is 6.20 Å². The maximum atomic E-state index is 10.6. The molecule has 0 radical (unpaired) electrons. The van der Waals surface area contributed by atoms with Crippen LogP contribution < -0.4 is 4.73 Å². The van der Waals surface area contributed by atoms with Crippen LogP contribution in [-0.2, 0) is 0 Å². The van der Waals surface area contributed by atoms with Crippen molar-refractivity contribution in [1.29, 1.82) is 0 Å². The Morgan fingerprint density at radius 3 is 2.12 bits per heavy atom. The van der Waals surface area contributed by atoms with Gasteiger partial charge in [-0.25, -0.2) is 4.98 Å². The van der Waals surface area contributed by atoms with Crippen LogP contribution in [0.1, 0.15) is 11.1 Å². The summed E-state index contributed by atoms with van der Waals surface area (Å²) in [7, 11) is 0. The van der Waals surface area contributed by atoms with Gasteiger partial charge in [0.25, 0.3) is 5.15 Å². The van der Waals surface area contributed by atoms with Crippen LogP contribution in [0.2, 0.25) is 10.3 Å². The fourth-order valence-corrected chi connectivity index (χ4v) is 1.24. The van der Waals surface area contributed by atoms with E-state index in [0.717, 1.165) is 11.1 Å². The number of pyridine rings is 2. The first kappa shape index (κ1) is 13.7. The standard InChI is InChI=1S/C6H6ClNO.C6H6ClN/c1-5-2-3-6(7)8(9)4-5;1-5-2-3-6(7)8-4-5/h2-4H,1H3;2-4H,1H3. The minimum absolute atomic E-state index is 0.209. The Morgan fingerprint density at radius 2 is 1.71 bits per heavy atom. The van der Waals surface area contributed by atoms with Crippen molar-refractivity contribution in [3.8, 4) is 0 Å². The lowest BCUT2D eigenvalue weighted by Gasteiger charge is -1.96. The molecule has 0 N–H and O–H groups in total. The Labute approximate surface area is 110 Å². The maximum Gasteiger partial charge on any atom is 0.286 e. The number of hydrogen-bond donors (Lipinski definition) is 0. The normalized spacial score (nSPS) is 9.41. The summed E-state index contributed by atoms with van der Waals surface area (Å²) in [6.07, 6.45) is 3.17. The predicted molar refractivity (Wildman–Crippen MR) is 69.1 cm³/mol. The van der Waals surface area contributed by atoms with Crippen molar-refractivity contribution >= 4 is 23.2 Å². The van der Waals surface area contributed by atoms with Crippen LogP contribution in [0.15, 0.2) is 36.7 Å². The first-order valence-corrected chi connectivity index (χ1v) is 5.68. The summed E-state index contributed by atoms with van der Waals surface area (Å²) in [5, 5.41) is 11.4. The topological polar surface area (TPSA) is 39.8 Å². The van der Waals surface area contributed by atoms with E-state index in [0.29, 0.717) is 9.88 Å². The summed E-state index contributed by atoms with van der Waals surface area (Å²) in [5.74, 6) is 0. The van der Waals surface area contributed by atoms with Gasteiger partial charge in [0.2, 0.25) is 0 Å². The van der Waals surface area contributed by atoms with Gasteiger partial charge in [-0.2, -0.15) is 4.73 Å². The van der Waals surface area contributed by atoms with Gasteiger partial charge in [-0.05, 0) is 43.1 Å². The van der Waals surface area contributed by atoms with Gasteiger partial charge in [-0.1, -0.05) is 17.7 Å². The molecule has 3 nitrogen and oxygen atoms in total. The van der Waals surface area contributed by atoms with E-state index in [9.17, 15) is 5.21 Å². The number of nitrogens with zero attached hydrogens (tertiary/aromatic N) is 2. The van der Waals surface area contributed by atoms with Crippen molar-refractivity contribution in [3.05, 3.63) is 63.3 Å². The SMILES string of the molecule is Cc1ccc(Cl)[n+]([O-])c1.Cc1ccc(Cl)nc1. The largest absolute Gasteiger partial charge is 0.618 e. The third-order valence-electron chi connectivity index (χ3n) is 1.89. The van der Waals surface area contributed by atoms with Crippen LogP contribution in [-0.4, -0.2) is 4.98 Å². The molecule has 0 aromatic carbocycles. The van der Waals surface area contributed by atoms with E-state index in [2.05, 4.69) is 4.98 Å². The molecule has 2 heterocycles. The van der Waals surface area contributed by atoms with E-state index < -0.39 is 0 Å². The second kappa shape index (κ2) is 6.42. The Morgan fingerprint density at radius 1 is 1.06 bits per heavy atom. The van der Waals surface area contributed by atoms with Crippen molar-refractivity contribution in [3.63, 3.8) is 0 Å². The number of aromatic nitrogens is 2. The van der Waals surface area contributed by atoms with Crippen molar-refractivity contribution in [2.75, 3.05) is 0 Å². The first-order valence-electron chi connectivity index (χ1n) is 4.92. The summed E-state index contributed by atoms with van der Waals surface area (Å²) in [6, 6.07) is 7.06. The van der Waals surface area contributed by atoms with Gasteiger partial charge < -0.3 is 5.21 Å². The highest BCUT2D eigenvalue weighted by atomic mass is 35.5. The smallest absolute Gasteiger partial charge is 0.286 e. The predicted octanol–water partition coefficient (Wildman–Crippen LogP) is 3.33. The highest BCUT2D eigenvalue weighted by Crippen LogP contribution is 2.02.